The van der Waals surface area contributed by atoms with E-state index in [0.717, 1.165) is 4.90 Å². The average Bonchev–Trinajstić information content (AvgIpc) is 2.37. The Morgan fingerprint density at radius 3 is 2.60 bits per heavy atom. The number of carbonyl (C=O) groups is 1. The summed E-state index contributed by atoms with van der Waals surface area (Å²) < 4.78 is 0. The lowest BCUT2D eigenvalue weighted by atomic mass is 10.0. The minimum Gasteiger partial charge on any atom is -0.465 e. The lowest BCUT2D eigenvalue weighted by Crippen LogP contribution is -2.35. The predicted octanol–water partition coefficient (Wildman–Crippen LogP) is 0.909. The summed E-state index contributed by atoms with van der Waals surface area (Å²) in [5, 5.41) is 38.3. The van der Waals surface area contributed by atoms with Crippen molar-refractivity contribution in [3.8, 4) is 0 Å². The second-order valence-electron chi connectivity index (χ2n) is 4.27. The molecule has 0 saturated carbocycles. The van der Waals surface area contributed by atoms with Crippen LogP contribution in [0.15, 0.2) is 18.2 Å². The fourth-order valence-electron chi connectivity index (χ4n) is 1.79. The van der Waals surface area contributed by atoms with E-state index in [4.69, 9.17) is 10.2 Å². The van der Waals surface area contributed by atoms with Gasteiger partial charge in [0.2, 0.25) is 0 Å². The zero-order valence-electron chi connectivity index (χ0n) is 10.9. The number of aryl methyl sites for hydroxylation is 1. The van der Waals surface area contributed by atoms with Crippen molar-refractivity contribution in [3.63, 3.8) is 0 Å². The third kappa shape index (κ3) is 3.90. The molecule has 0 spiro atoms. The molecular weight excluding hydrogens is 268 g/mol. The van der Waals surface area contributed by atoms with Crippen molar-refractivity contribution < 1.29 is 25.0 Å². The van der Waals surface area contributed by atoms with Crippen molar-refractivity contribution in [2.75, 3.05) is 19.7 Å². The Balaban J connectivity index is 2.86. The van der Waals surface area contributed by atoms with Crippen LogP contribution in [-0.2, 0) is 0 Å². The van der Waals surface area contributed by atoms with Gasteiger partial charge in [0.1, 0.15) is 0 Å². The molecule has 1 unspecified atom stereocenters. The molecule has 0 aliphatic rings. The second-order valence-corrected chi connectivity index (χ2v) is 4.27. The summed E-state index contributed by atoms with van der Waals surface area (Å²) in [6, 6.07) is 4.10. The number of nitrogens with zero attached hydrogens (tertiary/aromatic N) is 2. The molecule has 1 atom stereocenters. The molecule has 0 heterocycles. The second kappa shape index (κ2) is 6.83. The molecule has 8 nitrogen and oxygen atoms in total. The van der Waals surface area contributed by atoms with Gasteiger partial charge in [-0.3, -0.25) is 10.1 Å². The zero-order chi connectivity index (χ0) is 15.3. The lowest BCUT2D eigenvalue weighted by molar-refractivity contribution is -0.385. The Labute approximate surface area is 115 Å². The number of hydrogen-bond acceptors (Lipinski definition) is 5. The van der Waals surface area contributed by atoms with Crippen LogP contribution < -0.4 is 0 Å². The number of benzene rings is 1. The van der Waals surface area contributed by atoms with Gasteiger partial charge >= 0.3 is 6.09 Å². The van der Waals surface area contributed by atoms with E-state index in [1.165, 1.54) is 25.1 Å². The summed E-state index contributed by atoms with van der Waals surface area (Å²) in [6.45, 7) is 0.862. The van der Waals surface area contributed by atoms with Gasteiger partial charge in [0.05, 0.1) is 24.2 Å². The summed E-state index contributed by atoms with van der Waals surface area (Å²) in [7, 11) is 0. The monoisotopic (exact) mass is 284 g/mol. The van der Waals surface area contributed by atoms with E-state index in [0.29, 0.717) is 11.1 Å². The van der Waals surface area contributed by atoms with Gasteiger partial charge in [0, 0.05) is 18.2 Å². The molecule has 1 rings (SSSR count). The fourth-order valence-corrected chi connectivity index (χ4v) is 1.79. The first-order chi connectivity index (χ1) is 9.36. The van der Waals surface area contributed by atoms with Crippen molar-refractivity contribution in [1.82, 2.24) is 4.90 Å². The lowest BCUT2D eigenvalue weighted by Gasteiger charge is -2.21. The van der Waals surface area contributed by atoms with E-state index in [1.807, 2.05) is 0 Å². The topological polar surface area (TPSA) is 124 Å². The summed E-state index contributed by atoms with van der Waals surface area (Å²) >= 11 is 0. The average molecular weight is 284 g/mol. The first-order valence-corrected chi connectivity index (χ1v) is 5.88. The van der Waals surface area contributed by atoms with Crippen LogP contribution in [0.25, 0.3) is 0 Å². The summed E-state index contributed by atoms with van der Waals surface area (Å²) in [6.07, 6.45) is -2.37. The Bertz CT molecular complexity index is 505. The van der Waals surface area contributed by atoms with Crippen LogP contribution in [0.2, 0.25) is 0 Å². The number of nitro benzene ring substituents is 1. The van der Waals surface area contributed by atoms with E-state index in [9.17, 15) is 20.0 Å². The number of aliphatic hydroxyl groups is 2. The molecule has 0 aromatic heterocycles. The highest BCUT2D eigenvalue weighted by molar-refractivity contribution is 5.65. The van der Waals surface area contributed by atoms with Crippen molar-refractivity contribution in [2.45, 2.75) is 13.0 Å². The molecule has 8 heteroatoms. The number of aliphatic hydroxyl groups excluding tert-OH is 2. The van der Waals surface area contributed by atoms with E-state index in [-0.39, 0.29) is 25.4 Å². The zero-order valence-corrected chi connectivity index (χ0v) is 10.9. The molecule has 0 fully saturated rings. The molecule has 110 valence electrons. The highest BCUT2D eigenvalue weighted by atomic mass is 16.6. The first kappa shape index (κ1) is 15.9. The molecule has 1 aromatic rings. The molecule has 20 heavy (non-hydrogen) atoms. The Morgan fingerprint density at radius 1 is 1.50 bits per heavy atom. The van der Waals surface area contributed by atoms with Crippen LogP contribution in [0.1, 0.15) is 17.2 Å². The Hall–Kier alpha value is -2.19. The van der Waals surface area contributed by atoms with Crippen LogP contribution >= 0.6 is 0 Å². The summed E-state index contributed by atoms with van der Waals surface area (Å²) in [4.78, 5) is 21.9. The molecule has 1 aromatic carbocycles. The number of nitro groups is 1. The smallest absolute Gasteiger partial charge is 0.407 e. The summed E-state index contributed by atoms with van der Waals surface area (Å²) in [5.74, 6) is 0. The van der Waals surface area contributed by atoms with Crippen LogP contribution in [0.5, 0.6) is 0 Å². The maximum atomic E-state index is 10.9. The number of amides is 1. The molecule has 3 N–H and O–H groups in total. The number of hydrogen-bond donors (Lipinski definition) is 3. The maximum absolute atomic E-state index is 10.9. The van der Waals surface area contributed by atoms with Crippen LogP contribution in [-0.4, -0.2) is 50.9 Å². The molecule has 0 aliphatic carbocycles. The quantitative estimate of drug-likeness (QED) is 0.526. The number of carboxylic acid groups (broad SMARTS) is 1. The van der Waals surface area contributed by atoms with Crippen LogP contribution in [0.3, 0.4) is 0 Å². The van der Waals surface area contributed by atoms with Crippen molar-refractivity contribution in [3.05, 3.63) is 39.4 Å². The highest BCUT2D eigenvalue weighted by Gasteiger charge is 2.19. The van der Waals surface area contributed by atoms with E-state index in [2.05, 4.69) is 0 Å². The van der Waals surface area contributed by atoms with Crippen molar-refractivity contribution >= 4 is 11.8 Å². The first-order valence-electron chi connectivity index (χ1n) is 5.88. The van der Waals surface area contributed by atoms with Crippen molar-refractivity contribution in [2.24, 2.45) is 0 Å². The van der Waals surface area contributed by atoms with Gasteiger partial charge in [-0.25, -0.2) is 4.79 Å². The molecule has 0 bridgehead atoms. The third-order valence-electron chi connectivity index (χ3n) is 2.84. The van der Waals surface area contributed by atoms with Gasteiger partial charge in [0.25, 0.3) is 5.69 Å². The molecule has 0 aliphatic heterocycles. The molecule has 0 radical (unpaired) electrons. The van der Waals surface area contributed by atoms with Crippen LogP contribution in [0, 0.1) is 17.0 Å². The molecule has 0 saturated heterocycles. The van der Waals surface area contributed by atoms with E-state index in [1.54, 1.807) is 0 Å². The van der Waals surface area contributed by atoms with Gasteiger partial charge in [-0.15, -0.1) is 0 Å². The fraction of sp³-hybridized carbons (Fsp3) is 0.417. The SMILES string of the molecule is Cc1cc(C(O)CN(CCO)C(=O)O)ccc1[N+](=O)[O-]. The highest BCUT2D eigenvalue weighted by Crippen LogP contribution is 2.23. The normalized spacial score (nSPS) is 11.9. The Morgan fingerprint density at radius 2 is 2.15 bits per heavy atom. The van der Waals surface area contributed by atoms with Crippen molar-refractivity contribution in [1.29, 1.82) is 0 Å². The summed E-state index contributed by atoms with van der Waals surface area (Å²) in [5.41, 5.74) is 0.708. The number of rotatable bonds is 6. The minimum atomic E-state index is -1.25. The van der Waals surface area contributed by atoms with Gasteiger partial charge < -0.3 is 20.2 Å². The van der Waals surface area contributed by atoms with Gasteiger partial charge in [-0.2, -0.15) is 0 Å². The van der Waals surface area contributed by atoms with Crippen LogP contribution in [0.4, 0.5) is 10.5 Å². The van der Waals surface area contributed by atoms with Gasteiger partial charge in [-0.05, 0) is 24.6 Å². The molecular formula is C12H16N2O6. The largest absolute Gasteiger partial charge is 0.465 e. The van der Waals surface area contributed by atoms with Gasteiger partial charge in [-0.1, -0.05) is 0 Å². The maximum Gasteiger partial charge on any atom is 0.407 e. The Kier molecular flexibility index (Phi) is 5.42. The van der Waals surface area contributed by atoms with E-state index >= 15 is 0 Å². The standard InChI is InChI=1S/C12H16N2O6/c1-8-6-9(2-3-10(8)14(19)20)11(16)7-13(4-5-15)12(17)18/h2-3,6,11,15-16H,4-5,7H2,1H3,(H,17,18). The van der Waals surface area contributed by atoms with Gasteiger partial charge in [0.15, 0.2) is 0 Å². The van der Waals surface area contributed by atoms with E-state index < -0.39 is 17.1 Å². The molecule has 1 amide bonds. The predicted molar refractivity (Wildman–Crippen MR) is 69.5 cm³/mol. The minimum absolute atomic E-state index is 0.0635. The third-order valence-corrected chi connectivity index (χ3v) is 2.84.